The molecule has 2 aromatic carbocycles. The molecular formula is C28H34N6O2. The van der Waals surface area contributed by atoms with Crippen molar-refractivity contribution in [3.05, 3.63) is 78.5 Å². The van der Waals surface area contributed by atoms with Gasteiger partial charge in [0.2, 0.25) is 0 Å². The number of benzene rings is 2. The van der Waals surface area contributed by atoms with Crippen LogP contribution in [-0.2, 0) is 16.0 Å². The molecule has 4 aromatic rings. The normalized spacial score (nSPS) is 17.9. The van der Waals surface area contributed by atoms with E-state index in [2.05, 4.69) is 79.7 Å². The van der Waals surface area contributed by atoms with E-state index in [1.54, 1.807) is 12.7 Å². The second-order valence-electron chi connectivity index (χ2n) is 9.40. The number of aromatic nitrogens is 4. The summed E-state index contributed by atoms with van der Waals surface area (Å²) in [7, 11) is 0. The zero-order chi connectivity index (χ0) is 24.9. The largest absolute Gasteiger partial charge is 0.465 e. The Morgan fingerprint density at radius 1 is 1.14 bits per heavy atom. The van der Waals surface area contributed by atoms with E-state index in [9.17, 15) is 4.79 Å². The summed E-state index contributed by atoms with van der Waals surface area (Å²) in [5.74, 6) is -0.136. The Hall–Kier alpha value is -3.49. The van der Waals surface area contributed by atoms with Crippen LogP contribution in [0, 0.1) is 0 Å². The Labute approximate surface area is 211 Å². The lowest BCUT2D eigenvalue weighted by atomic mass is 10.00. The Morgan fingerprint density at radius 2 is 1.94 bits per heavy atom. The van der Waals surface area contributed by atoms with Gasteiger partial charge < -0.3 is 9.72 Å². The number of fused-ring (bicyclic) bond motifs is 1. The summed E-state index contributed by atoms with van der Waals surface area (Å²) in [5, 5.41) is 9.10. The van der Waals surface area contributed by atoms with Gasteiger partial charge in [0.05, 0.1) is 6.61 Å². The summed E-state index contributed by atoms with van der Waals surface area (Å²) in [4.78, 5) is 20.6. The molecule has 1 aliphatic rings. The summed E-state index contributed by atoms with van der Waals surface area (Å²) in [6.45, 7) is 7.84. The van der Waals surface area contributed by atoms with Gasteiger partial charge in [-0.1, -0.05) is 30.3 Å². The minimum atomic E-state index is -0.232. The molecule has 36 heavy (non-hydrogen) atoms. The van der Waals surface area contributed by atoms with Gasteiger partial charge in [0.1, 0.15) is 18.7 Å². The van der Waals surface area contributed by atoms with E-state index in [1.807, 2.05) is 18.4 Å². The van der Waals surface area contributed by atoms with E-state index >= 15 is 0 Å². The molecule has 1 saturated heterocycles. The van der Waals surface area contributed by atoms with E-state index in [-0.39, 0.29) is 18.1 Å². The van der Waals surface area contributed by atoms with Crippen molar-refractivity contribution in [2.24, 2.45) is 0 Å². The Balaban J connectivity index is 1.27. The van der Waals surface area contributed by atoms with Crippen LogP contribution < -0.4 is 0 Å². The van der Waals surface area contributed by atoms with Crippen molar-refractivity contribution < 1.29 is 9.53 Å². The molecule has 2 atom stereocenters. The number of hydrogen-bond acceptors (Lipinski definition) is 6. The number of hydrogen-bond donors (Lipinski definition) is 1. The van der Waals surface area contributed by atoms with Crippen LogP contribution in [0.25, 0.3) is 16.6 Å². The number of nitrogens with zero attached hydrogens (tertiary/aromatic N) is 5. The van der Waals surface area contributed by atoms with Crippen molar-refractivity contribution in [1.29, 1.82) is 0 Å². The predicted molar refractivity (Wildman–Crippen MR) is 140 cm³/mol. The lowest BCUT2D eigenvalue weighted by Crippen LogP contribution is -2.53. The van der Waals surface area contributed by atoms with E-state index < -0.39 is 0 Å². The third-order valence-electron chi connectivity index (χ3n) is 7.24. The summed E-state index contributed by atoms with van der Waals surface area (Å²) >= 11 is 0. The smallest absolute Gasteiger partial charge is 0.323 e. The van der Waals surface area contributed by atoms with Crippen LogP contribution in [0.5, 0.6) is 0 Å². The molecule has 0 radical (unpaired) electrons. The highest BCUT2D eigenvalue weighted by molar-refractivity contribution is 5.85. The lowest BCUT2D eigenvalue weighted by Gasteiger charge is -2.43. The minimum Gasteiger partial charge on any atom is -0.465 e. The van der Waals surface area contributed by atoms with Crippen LogP contribution in [0.15, 0.2) is 67.4 Å². The zero-order valence-corrected chi connectivity index (χ0v) is 21.0. The van der Waals surface area contributed by atoms with Gasteiger partial charge in [-0.3, -0.25) is 19.2 Å². The number of rotatable bonds is 9. The molecule has 1 aliphatic heterocycles. The first kappa shape index (κ1) is 24.2. The van der Waals surface area contributed by atoms with Crippen LogP contribution in [0.1, 0.15) is 37.4 Å². The SMILES string of the molecule is CCOC(=O)C(C)N1CCN(CCCc2c[nH]c3ccc(-n4cnnc4)cc23)C(c2ccccc2)C1. The maximum Gasteiger partial charge on any atom is 0.323 e. The minimum absolute atomic E-state index is 0.136. The summed E-state index contributed by atoms with van der Waals surface area (Å²) in [6, 6.07) is 17.1. The topological polar surface area (TPSA) is 79.3 Å². The average Bonchev–Trinajstić information content (AvgIpc) is 3.59. The third kappa shape index (κ3) is 5.20. The number of esters is 1. The van der Waals surface area contributed by atoms with E-state index in [0.717, 1.165) is 50.2 Å². The number of piperazine rings is 1. The summed E-state index contributed by atoms with van der Waals surface area (Å²) in [6.07, 6.45) is 7.63. The van der Waals surface area contributed by atoms with Crippen molar-refractivity contribution >= 4 is 16.9 Å². The van der Waals surface area contributed by atoms with Gasteiger partial charge in [-0.05, 0) is 62.6 Å². The van der Waals surface area contributed by atoms with Gasteiger partial charge >= 0.3 is 5.97 Å². The fourth-order valence-corrected chi connectivity index (χ4v) is 5.20. The number of carbonyl (C=O) groups excluding carboxylic acids is 1. The van der Waals surface area contributed by atoms with Crippen molar-refractivity contribution in [2.45, 2.75) is 38.8 Å². The number of aryl methyl sites for hydroxylation is 1. The Morgan fingerprint density at radius 3 is 2.72 bits per heavy atom. The molecule has 2 aromatic heterocycles. The summed E-state index contributed by atoms with van der Waals surface area (Å²) < 4.78 is 7.22. The second-order valence-corrected chi connectivity index (χ2v) is 9.40. The first-order valence-electron chi connectivity index (χ1n) is 12.8. The third-order valence-corrected chi connectivity index (χ3v) is 7.24. The number of carbonyl (C=O) groups is 1. The van der Waals surface area contributed by atoms with Crippen LogP contribution in [0.2, 0.25) is 0 Å². The van der Waals surface area contributed by atoms with Crippen molar-refractivity contribution in [3.63, 3.8) is 0 Å². The molecule has 0 amide bonds. The van der Waals surface area contributed by atoms with Gasteiger partial charge in [-0.2, -0.15) is 0 Å². The molecule has 0 bridgehead atoms. The molecule has 188 valence electrons. The first-order valence-corrected chi connectivity index (χ1v) is 12.8. The van der Waals surface area contributed by atoms with E-state index in [0.29, 0.717) is 6.61 Å². The van der Waals surface area contributed by atoms with Crippen LogP contribution in [0.3, 0.4) is 0 Å². The van der Waals surface area contributed by atoms with E-state index in [1.165, 1.54) is 16.5 Å². The average molecular weight is 487 g/mol. The van der Waals surface area contributed by atoms with Crippen LogP contribution >= 0.6 is 0 Å². The molecule has 1 N–H and O–H groups in total. The Bertz CT molecular complexity index is 1270. The molecule has 5 rings (SSSR count). The molecule has 8 nitrogen and oxygen atoms in total. The van der Waals surface area contributed by atoms with Crippen molar-refractivity contribution in [3.8, 4) is 5.69 Å². The van der Waals surface area contributed by atoms with Gasteiger partial charge in [-0.15, -0.1) is 10.2 Å². The highest BCUT2D eigenvalue weighted by atomic mass is 16.5. The van der Waals surface area contributed by atoms with E-state index in [4.69, 9.17) is 4.74 Å². The molecule has 8 heteroatoms. The maximum atomic E-state index is 12.4. The molecule has 0 saturated carbocycles. The molecule has 3 heterocycles. The fourth-order valence-electron chi connectivity index (χ4n) is 5.20. The maximum absolute atomic E-state index is 12.4. The van der Waals surface area contributed by atoms with Crippen LogP contribution in [-0.4, -0.2) is 74.3 Å². The van der Waals surface area contributed by atoms with Gasteiger partial charge in [-0.25, -0.2) is 0 Å². The standard InChI is InChI=1S/C28H34N6O2/c1-3-36-28(35)21(2)33-15-14-32(27(18-33)22-8-5-4-6-9-22)13-7-10-23-17-29-26-12-11-24(16-25(23)26)34-19-30-31-20-34/h4-6,8-9,11-12,16-17,19-21,27,29H,3,7,10,13-15,18H2,1-2H3. The highest BCUT2D eigenvalue weighted by Crippen LogP contribution is 2.28. The predicted octanol–water partition coefficient (Wildman–Crippen LogP) is 3.99. The molecule has 0 spiro atoms. The van der Waals surface area contributed by atoms with Crippen molar-refractivity contribution in [2.75, 3.05) is 32.8 Å². The quantitative estimate of drug-likeness (QED) is 0.361. The number of ether oxygens (including phenoxy) is 1. The monoisotopic (exact) mass is 486 g/mol. The molecule has 1 fully saturated rings. The number of H-pyrrole nitrogens is 1. The van der Waals surface area contributed by atoms with Gasteiger partial charge in [0.15, 0.2) is 0 Å². The molecular weight excluding hydrogens is 452 g/mol. The van der Waals surface area contributed by atoms with Crippen LogP contribution in [0.4, 0.5) is 0 Å². The van der Waals surface area contributed by atoms with Gasteiger partial charge in [0, 0.05) is 48.5 Å². The number of nitrogens with one attached hydrogen (secondary N) is 1. The van der Waals surface area contributed by atoms with Crippen molar-refractivity contribution in [1.82, 2.24) is 29.5 Å². The highest BCUT2D eigenvalue weighted by Gasteiger charge is 2.32. The first-order chi connectivity index (χ1) is 17.6. The second kappa shape index (κ2) is 11.1. The van der Waals surface area contributed by atoms with Gasteiger partial charge in [0.25, 0.3) is 0 Å². The summed E-state index contributed by atoms with van der Waals surface area (Å²) in [5.41, 5.74) is 4.82. The number of aromatic amines is 1. The zero-order valence-electron chi connectivity index (χ0n) is 21.0. The molecule has 0 aliphatic carbocycles. The Kier molecular flexibility index (Phi) is 7.44. The lowest BCUT2D eigenvalue weighted by molar-refractivity contribution is -0.150. The molecule has 2 unspecified atom stereocenters. The fraction of sp³-hybridized carbons (Fsp3) is 0.393.